The maximum Gasteiger partial charge on any atom is 0.416 e. The van der Waals surface area contributed by atoms with Crippen LogP contribution in [0.15, 0.2) is 12.1 Å². The normalized spacial score (nSPS) is 19.0. The van der Waals surface area contributed by atoms with Gasteiger partial charge in [-0.15, -0.1) is 0 Å². The van der Waals surface area contributed by atoms with Gasteiger partial charge in [0.2, 0.25) is 0 Å². The molecule has 1 aromatic heterocycles. The third-order valence-electron chi connectivity index (χ3n) is 6.08. The van der Waals surface area contributed by atoms with Crippen LogP contribution in [0.1, 0.15) is 49.4 Å². The highest BCUT2D eigenvalue weighted by Gasteiger charge is 2.33. The first-order valence-electron chi connectivity index (χ1n) is 10.9. The Labute approximate surface area is 180 Å². The third kappa shape index (κ3) is 4.42. The van der Waals surface area contributed by atoms with Crippen LogP contribution in [-0.2, 0) is 19.0 Å². The fourth-order valence-electron chi connectivity index (χ4n) is 4.52. The van der Waals surface area contributed by atoms with E-state index in [0.29, 0.717) is 11.9 Å². The molecule has 2 aromatic rings. The van der Waals surface area contributed by atoms with Crippen molar-refractivity contribution in [3.8, 4) is 11.4 Å². The van der Waals surface area contributed by atoms with Crippen LogP contribution >= 0.6 is 0 Å². The minimum Gasteiger partial charge on any atom is -0.398 e. The molecule has 1 aliphatic heterocycles. The molecule has 2 heterocycles. The highest BCUT2D eigenvalue weighted by molar-refractivity contribution is 5.84. The number of rotatable bonds is 5. The number of halogens is 3. The van der Waals surface area contributed by atoms with Crippen molar-refractivity contribution in [1.82, 2.24) is 15.3 Å². The van der Waals surface area contributed by atoms with Gasteiger partial charge in [0.25, 0.3) is 0 Å². The number of nitrogens with one attached hydrogen (secondary N) is 1. The molecule has 0 amide bonds. The number of fused-ring (bicyclic) bond motifs is 1. The van der Waals surface area contributed by atoms with Crippen molar-refractivity contribution in [2.75, 3.05) is 36.0 Å². The van der Waals surface area contributed by atoms with E-state index in [4.69, 9.17) is 21.4 Å². The summed E-state index contributed by atoms with van der Waals surface area (Å²) in [5, 5.41) is 3.56. The summed E-state index contributed by atoms with van der Waals surface area (Å²) in [6.45, 7) is 4.85. The zero-order valence-corrected chi connectivity index (χ0v) is 17.7. The van der Waals surface area contributed by atoms with Gasteiger partial charge in [-0.25, -0.2) is 9.97 Å². The molecule has 1 aliphatic carbocycles. The van der Waals surface area contributed by atoms with Gasteiger partial charge < -0.3 is 21.7 Å². The number of benzene rings is 1. The van der Waals surface area contributed by atoms with E-state index in [1.54, 1.807) is 0 Å². The van der Waals surface area contributed by atoms with E-state index >= 15 is 0 Å². The SMILES string of the molecule is CCCNC1CCN(c2nc(-c3c(N)cc(C(F)(F)F)cc3N)nc3c2CCCC3)C1. The molecule has 4 rings (SSSR count). The molecule has 1 atom stereocenters. The van der Waals surface area contributed by atoms with Crippen LogP contribution < -0.4 is 21.7 Å². The summed E-state index contributed by atoms with van der Waals surface area (Å²) in [6.07, 6.45) is 1.43. The van der Waals surface area contributed by atoms with Gasteiger partial charge in [0.05, 0.1) is 11.1 Å². The molecule has 0 bridgehead atoms. The van der Waals surface area contributed by atoms with Gasteiger partial charge >= 0.3 is 6.18 Å². The average Bonchev–Trinajstić information content (AvgIpc) is 3.19. The van der Waals surface area contributed by atoms with E-state index in [9.17, 15) is 13.2 Å². The van der Waals surface area contributed by atoms with Crippen LogP contribution in [0.25, 0.3) is 11.4 Å². The lowest BCUT2D eigenvalue weighted by Gasteiger charge is -2.26. The quantitative estimate of drug-likeness (QED) is 0.620. The Balaban J connectivity index is 1.75. The maximum atomic E-state index is 13.1. The van der Waals surface area contributed by atoms with E-state index < -0.39 is 11.7 Å². The van der Waals surface area contributed by atoms with Crippen LogP contribution in [0, 0.1) is 0 Å². The molecule has 0 radical (unpaired) electrons. The second-order valence-corrected chi connectivity index (χ2v) is 8.42. The molecule has 2 aliphatic rings. The predicted molar refractivity (Wildman–Crippen MR) is 117 cm³/mol. The van der Waals surface area contributed by atoms with Crippen molar-refractivity contribution in [3.63, 3.8) is 0 Å². The first kappa shape index (κ1) is 21.7. The number of hydrogen-bond acceptors (Lipinski definition) is 6. The smallest absolute Gasteiger partial charge is 0.398 e. The zero-order valence-electron chi connectivity index (χ0n) is 17.7. The second-order valence-electron chi connectivity index (χ2n) is 8.42. The fourth-order valence-corrected chi connectivity index (χ4v) is 4.52. The fraction of sp³-hybridized carbons (Fsp3) is 0.545. The van der Waals surface area contributed by atoms with Crippen LogP contribution in [-0.4, -0.2) is 35.6 Å². The van der Waals surface area contributed by atoms with Gasteiger partial charge in [-0.3, -0.25) is 0 Å². The highest BCUT2D eigenvalue weighted by Crippen LogP contribution is 2.39. The van der Waals surface area contributed by atoms with Crippen LogP contribution in [0.3, 0.4) is 0 Å². The summed E-state index contributed by atoms with van der Waals surface area (Å²) in [5.41, 5.74) is 13.4. The lowest BCUT2D eigenvalue weighted by Crippen LogP contribution is -2.33. The van der Waals surface area contributed by atoms with E-state index in [1.807, 2.05) is 0 Å². The summed E-state index contributed by atoms with van der Waals surface area (Å²) in [7, 11) is 0. The minimum absolute atomic E-state index is 0.0575. The molecule has 168 valence electrons. The van der Waals surface area contributed by atoms with E-state index in [1.165, 1.54) is 0 Å². The van der Waals surface area contributed by atoms with Crippen molar-refractivity contribution >= 4 is 17.2 Å². The first-order valence-corrected chi connectivity index (χ1v) is 10.9. The zero-order chi connectivity index (χ0) is 22.2. The van der Waals surface area contributed by atoms with Crippen molar-refractivity contribution in [1.29, 1.82) is 0 Å². The van der Waals surface area contributed by atoms with Crippen molar-refractivity contribution in [2.45, 2.75) is 57.7 Å². The molecular formula is C22H29F3N6. The summed E-state index contributed by atoms with van der Waals surface area (Å²) in [4.78, 5) is 11.8. The number of hydrogen-bond donors (Lipinski definition) is 3. The molecule has 6 nitrogen and oxygen atoms in total. The molecule has 1 fully saturated rings. The average molecular weight is 435 g/mol. The Kier molecular flexibility index (Phi) is 5.96. The molecule has 31 heavy (non-hydrogen) atoms. The second kappa shape index (κ2) is 8.53. The molecule has 1 aromatic carbocycles. The number of aromatic nitrogens is 2. The molecule has 0 saturated carbocycles. The van der Waals surface area contributed by atoms with Crippen LogP contribution in [0.4, 0.5) is 30.4 Å². The van der Waals surface area contributed by atoms with Crippen molar-refractivity contribution in [3.05, 3.63) is 29.0 Å². The Morgan fingerprint density at radius 1 is 1.13 bits per heavy atom. The summed E-state index contributed by atoms with van der Waals surface area (Å²) >= 11 is 0. The summed E-state index contributed by atoms with van der Waals surface area (Å²) in [6, 6.07) is 2.22. The lowest BCUT2D eigenvalue weighted by molar-refractivity contribution is -0.137. The summed E-state index contributed by atoms with van der Waals surface area (Å²) in [5.74, 6) is 1.18. The standard InChI is InChI=1S/C22H29F3N6/c1-2-8-28-14-7-9-31(12-14)21-15-5-3-4-6-18(15)29-20(30-21)19-16(26)10-13(11-17(19)27)22(23,24)25/h10-11,14,28H,2-9,12,26-27H2,1H3. The van der Waals surface area contributed by atoms with Crippen LogP contribution in [0.5, 0.6) is 0 Å². The van der Waals surface area contributed by atoms with Gasteiger partial charge in [0, 0.05) is 41.8 Å². The third-order valence-corrected chi connectivity index (χ3v) is 6.08. The Bertz CT molecular complexity index is 936. The number of nitrogens with zero attached hydrogens (tertiary/aromatic N) is 3. The van der Waals surface area contributed by atoms with Crippen molar-refractivity contribution in [2.24, 2.45) is 0 Å². The van der Waals surface area contributed by atoms with Gasteiger partial charge in [-0.05, 0) is 57.2 Å². The minimum atomic E-state index is -4.52. The topological polar surface area (TPSA) is 93.1 Å². The molecule has 1 unspecified atom stereocenters. The number of anilines is 3. The largest absolute Gasteiger partial charge is 0.416 e. The van der Waals surface area contributed by atoms with E-state index in [2.05, 4.69) is 17.1 Å². The highest BCUT2D eigenvalue weighted by atomic mass is 19.4. The first-order chi connectivity index (χ1) is 14.8. The van der Waals surface area contributed by atoms with E-state index in [0.717, 1.165) is 87.4 Å². The molecule has 9 heteroatoms. The number of nitrogens with two attached hydrogens (primary N) is 2. The Hall–Kier alpha value is -2.55. The number of alkyl halides is 3. The van der Waals surface area contributed by atoms with Gasteiger partial charge in [0.1, 0.15) is 5.82 Å². The van der Waals surface area contributed by atoms with E-state index in [-0.39, 0.29) is 16.9 Å². The van der Waals surface area contributed by atoms with Gasteiger partial charge in [-0.2, -0.15) is 13.2 Å². The van der Waals surface area contributed by atoms with Crippen molar-refractivity contribution < 1.29 is 13.2 Å². The Morgan fingerprint density at radius 2 is 1.84 bits per heavy atom. The van der Waals surface area contributed by atoms with Gasteiger partial charge in [-0.1, -0.05) is 6.92 Å². The molecule has 1 saturated heterocycles. The number of nitrogen functional groups attached to an aromatic ring is 2. The summed E-state index contributed by atoms with van der Waals surface area (Å²) < 4.78 is 39.4. The van der Waals surface area contributed by atoms with Crippen LogP contribution in [0.2, 0.25) is 0 Å². The lowest BCUT2D eigenvalue weighted by atomic mass is 9.95. The molecule has 0 spiro atoms. The predicted octanol–water partition coefficient (Wildman–Crippen LogP) is 3.78. The monoisotopic (exact) mass is 434 g/mol. The van der Waals surface area contributed by atoms with Gasteiger partial charge in [0.15, 0.2) is 5.82 Å². The Morgan fingerprint density at radius 3 is 2.52 bits per heavy atom. The molecule has 5 N–H and O–H groups in total. The number of aryl methyl sites for hydroxylation is 1. The molecular weight excluding hydrogens is 405 g/mol. The maximum absolute atomic E-state index is 13.1.